The Kier molecular flexibility index (Phi) is 4.87. The maximum atomic E-state index is 6.34. The van der Waals surface area contributed by atoms with Gasteiger partial charge in [-0.1, -0.05) is 78.9 Å². The summed E-state index contributed by atoms with van der Waals surface area (Å²) in [5.74, 6) is 0. The lowest BCUT2D eigenvalue weighted by Crippen LogP contribution is -2.09. The molecule has 0 atom stereocenters. The Balaban J connectivity index is 1.22. The number of fused-ring (bicyclic) bond motifs is 11. The van der Waals surface area contributed by atoms with Crippen LogP contribution >= 0.6 is 11.3 Å². The summed E-state index contributed by atoms with van der Waals surface area (Å²) in [6, 6.07) is 49.5. The summed E-state index contributed by atoms with van der Waals surface area (Å²) >= 11 is 1.86. The Bertz CT molecular complexity index is 2750. The maximum absolute atomic E-state index is 6.34. The van der Waals surface area contributed by atoms with E-state index in [2.05, 4.69) is 120 Å². The number of hydrogen-bond acceptors (Lipinski definition) is 4. The van der Waals surface area contributed by atoms with Crippen molar-refractivity contribution in [2.45, 2.75) is 0 Å². The van der Waals surface area contributed by atoms with E-state index < -0.39 is 0 Å². The van der Waals surface area contributed by atoms with Crippen LogP contribution in [0.3, 0.4) is 0 Å². The highest BCUT2D eigenvalue weighted by Crippen LogP contribution is 2.44. The second kappa shape index (κ2) is 8.96. The Labute approximate surface area is 255 Å². The summed E-state index contributed by atoms with van der Waals surface area (Å²) in [7, 11) is 0. The van der Waals surface area contributed by atoms with E-state index in [0.717, 1.165) is 60.9 Å². The lowest BCUT2D eigenvalue weighted by Gasteiger charge is -2.25. The predicted octanol–water partition coefficient (Wildman–Crippen LogP) is 12.5. The van der Waals surface area contributed by atoms with Crippen molar-refractivity contribution in [1.82, 2.24) is 0 Å². The molecule has 206 valence electrons. The van der Waals surface area contributed by atoms with E-state index in [4.69, 9.17) is 8.83 Å². The van der Waals surface area contributed by atoms with E-state index in [1.165, 1.54) is 30.9 Å². The van der Waals surface area contributed by atoms with E-state index in [-0.39, 0.29) is 0 Å². The van der Waals surface area contributed by atoms with Gasteiger partial charge in [0.25, 0.3) is 0 Å². The molecule has 10 aromatic rings. The molecule has 0 N–H and O–H groups in total. The summed E-state index contributed by atoms with van der Waals surface area (Å²) in [5.41, 5.74) is 6.74. The van der Waals surface area contributed by atoms with Crippen LogP contribution < -0.4 is 4.90 Å². The van der Waals surface area contributed by atoms with Crippen molar-refractivity contribution in [3.8, 4) is 0 Å². The van der Waals surface area contributed by atoms with Crippen molar-refractivity contribution < 1.29 is 8.83 Å². The Morgan fingerprint density at radius 3 is 1.80 bits per heavy atom. The molecule has 3 heterocycles. The first-order chi connectivity index (χ1) is 21.8. The number of nitrogens with zero attached hydrogens (tertiary/aromatic N) is 1. The molecule has 0 spiro atoms. The lowest BCUT2D eigenvalue weighted by molar-refractivity contribution is 0.668. The van der Waals surface area contributed by atoms with Crippen molar-refractivity contribution in [3.05, 3.63) is 140 Å². The molecule has 0 saturated carbocycles. The van der Waals surface area contributed by atoms with E-state index in [9.17, 15) is 0 Å². The molecule has 0 radical (unpaired) electrons. The molecule has 7 aromatic carbocycles. The van der Waals surface area contributed by atoms with Gasteiger partial charge in [0.05, 0.1) is 0 Å². The zero-order valence-electron chi connectivity index (χ0n) is 23.5. The number of benzene rings is 7. The highest BCUT2D eigenvalue weighted by Gasteiger charge is 2.19. The average molecular weight is 582 g/mol. The fourth-order valence-electron chi connectivity index (χ4n) is 6.79. The van der Waals surface area contributed by atoms with Crippen LogP contribution in [0.25, 0.3) is 74.8 Å². The van der Waals surface area contributed by atoms with Gasteiger partial charge in [-0.3, -0.25) is 0 Å². The monoisotopic (exact) mass is 581 g/mol. The Hall–Kier alpha value is -5.58. The van der Waals surface area contributed by atoms with Crippen molar-refractivity contribution >= 4 is 103 Å². The number of thiophene rings is 1. The van der Waals surface area contributed by atoms with Crippen LogP contribution in [0.15, 0.2) is 148 Å². The number of para-hydroxylation sites is 2. The highest BCUT2D eigenvalue weighted by molar-refractivity contribution is 7.26. The molecule has 10 rings (SSSR count). The number of hydrogen-bond donors (Lipinski definition) is 0. The molecule has 44 heavy (non-hydrogen) atoms. The third-order valence-corrected chi connectivity index (χ3v) is 10.0. The fourth-order valence-corrected chi connectivity index (χ4v) is 8.06. The summed E-state index contributed by atoms with van der Waals surface area (Å²) in [6.45, 7) is 0. The normalized spacial score (nSPS) is 12.1. The van der Waals surface area contributed by atoms with Gasteiger partial charge >= 0.3 is 0 Å². The van der Waals surface area contributed by atoms with E-state index in [1.807, 2.05) is 35.6 Å². The predicted molar refractivity (Wildman–Crippen MR) is 186 cm³/mol. The zero-order valence-corrected chi connectivity index (χ0v) is 24.3. The van der Waals surface area contributed by atoms with Gasteiger partial charge in [0, 0.05) is 64.8 Å². The first-order valence-electron chi connectivity index (χ1n) is 14.8. The molecule has 0 amide bonds. The molecule has 0 bridgehead atoms. The molecule has 0 aliphatic heterocycles. The van der Waals surface area contributed by atoms with Crippen LogP contribution in [0.4, 0.5) is 17.1 Å². The summed E-state index contributed by atoms with van der Waals surface area (Å²) < 4.78 is 15.1. The Morgan fingerprint density at radius 2 is 0.955 bits per heavy atom. The van der Waals surface area contributed by atoms with Crippen LogP contribution in [0.5, 0.6) is 0 Å². The molecular formula is C40H23NO2S. The van der Waals surface area contributed by atoms with E-state index >= 15 is 0 Å². The SMILES string of the molecule is c1ccc2c(c1)ccc1c3ccc(N(c4ccc5c(c4)oc4ccccc45)c4ccc5oc6ccccc6c5c4)cc3sc21. The average Bonchev–Trinajstić information content (AvgIpc) is 3.75. The van der Waals surface area contributed by atoms with Crippen LogP contribution in [0.2, 0.25) is 0 Å². The standard InChI is InChI=1S/C40H23NO2S/c1-2-8-28-24(7-1)13-17-33-32-19-15-27(23-39(32)44-40(28)33)41(25-16-20-37-34(21-25)30-10-4-6-12-36(30)42-37)26-14-18-31-29-9-3-5-11-35(29)43-38(31)22-26/h1-23H. The van der Waals surface area contributed by atoms with Gasteiger partial charge in [0.1, 0.15) is 22.3 Å². The van der Waals surface area contributed by atoms with Gasteiger partial charge in [-0.05, 0) is 65.4 Å². The third-order valence-electron chi connectivity index (χ3n) is 8.84. The van der Waals surface area contributed by atoms with Gasteiger partial charge in [0.15, 0.2) is 0 Å². The van der Waals surface area contributed by atoms with Crippen LogP contribution in [-0.4, -0.2) is 0 Å². The quantitative estimate of drug-likeness (QED) is 0.208. The lowest BCUT2D eigenvalue weighted by atomic mass is 10.1. The molecular weight excluding hydrogens is 559 g/mol. The minimum absolute atomic E-state index is 0.873. The fraction of sp³-hybridized carbons (Fsp3) is 0. The molecule has 0 unspecified atom stereocenters. The van der Waals surface area contributed by atoms with Crippen LogP contribution in [0, 0.1) is 0 Å². The second-order valence-corrected chi connectivity index (χ2v) is 12.4. The first-order valence-corrected chi connectivity index (χ1v) is 15.6. The highest BCUT2D eigenvalue weighted by atomic mass is 32.1. The largest absolute Gasteiger partial charge is 0.456 e. The summed E-state index contributed by atoms with van der Waals surface area (Å²) in [4.78, 5) is 2.33. The van der Waals surface area contributed by atoms with Crippen molar-refractivity contribution in [2.75, 3.05) is 4.90 Å². The molecule has 0 saturated heterocycles. The maximum Gasteiger partial charge on any atom is 0.137 e. The third kappa shape index (κ3) is 3.43. The van der Waals surface area contributed by atoms with Gasteiger partial charge in [0.2, 0.25) is 0 Å². The molecule has 0 aliphatic rings. The summed E-state index contributed by atoms with van der Waals surface area (Å²) in [6.07, 6.45) is 0. The van der Waals surface area contributed by atoms with E-state index in [0.29, 0.717) is 0 Å². The molecule has 3 aromatic heterocycles. The topological polar surface area (TPSA) is 29.5 Å². The minimum Gasteiger partial charge on any atom is -0.456 e. The summed E-state index contributed by atoms with van der Waals surface area (Å²) in [5, 5.41) is 9.62. The van der Waals surface area contributed by atoms with Crippen molar-refractivity contribution in [1.29, 1.82) is 0 Å². The van der Waals surface area contributed by atoms with Gasteiger partial charge < -0.3 is 13.7 Å². The van der Waals surface area contributed by atoms with Gasteiger partial charge in [-0.25, -0.2) is 0 Å². The Morgan fingerprint density at radius 1 is 0.386 bits per heavy atom. The van der Waals surface area contributed by atoms with Gasteiger partial charge in [-0.15, -0.1) is 11.3 Å². The number of anilines is 3. The van der Waals surface area contributed by atoms with Crippen LogP contribution in [0.1, 0.15) is 0 Å². The molecule has 0 aliphatic carbocycles. The molecule has 4 heteroatoms. The molecule has 0 fully saturated rings. The minimum atomic E-state index is 0.873. The first kappa shape index (κ1) is 23.9. The second-order valence-electron chi connectivity index (χ2n) is 11.3. The van der Waals surface area contributed by atoms with Crippen molar-refractivity contribution in [2.24, 2.45) is 0 Å². The number of rotatable bonds is 3. The molecule has 3 nitrogen and oxygen atoms in total. The smallest absolute Gasteiger partial charge is 0.137 e. The van der Waals surface area contributed by atoms with E-state index in [1.54, 1.807) is 0 Å². The zero-order chi connectivity index (χ0) is 28.8. The van der Waals surface area contributed by atoms with Crippen molar-refractivity contribution in [3.63, 3.8) is 0 Å². The number of furan rings is 2. The van der Waals surface area contributed by atoms with Gasteiger partial charge in [-0.2, -0.15) is 0 Å². The van der Waals surface area contributed by atoms with Crippen LogP contribution in [-0.2, 0) is 0 Å².